The summed E-state index contributed by atoms with van der Waals surface area (Å²) >= 11 is 0. The molecule has 2 N–H and O–H groups in total. The number of imide groups is 1. The van der Waals surface area contributed by atoms with Crippen molar-refractivity contribution in [2.24, 2.45) is 13.0 Å². The number of carbonyl (C=O) groups is 2. The number of halogens is 3. The number of carbonyl (C=O) groups excluding carboxylic acids is 2. The number of hydrogen-bond donors (Lipinski definition) is 2. The van der Waals surface area contributed by atoms with Crippen LogP contribution in [0, 0.1) is 5.92 Å². The monoisotopic (exact) mass is 823 g/mol. The van der Waals surface area contributed by atoms with Crippen LogP contribution in [0.3, 0.4) is 0 Å². The highest BCUT2D eigenvalue weighted by molar-refractivity contribution is 7.89. The number of likely N-dealkylation sites (tertiary alicyclic amines) is 1. The van der Waals surface area contributed by atoms with E-state index in [-0.39, 0.29) is 53.9 Å². The molecule has 4 aliphatic heterocycles. The smallest absolute Gasteiger partial charge is 0.371 e. The second kappa shape index (κ2) is 16.1. The van der Waals surface area contributed by atoms with Gasteiger partial charge in [-0.15, -0.1) is 0 Å². The van der Waals surface area contributed by atoms with Gasteiger partial charge < -0.3 is 15.1 Å². The Morgan fingerprint density at radius 2 is 1.55 bits per heavy atom. The fourth-order valence-corrected chi connectivity index (χ4v) is 10.7. The number of nitrogens with zero attached hydrogens (tertiary/aromatic N) is 7. The molecular weight excluding hydrogens is 776 g/mol. The van der Waals surface area contributed by atoms with Gasteiger partial charge in [-0.25, -0.2) is 23.2 Å². The van der Waals surface area contributed by atoms with Gasteiger partial charge in [0.25, 0.3) is 0 Å². The quantitative estimate of drug-likeness (QED) is 0.231. The van der Waals surface area contributed by atoms with E-state index in [0.29, 0.717) is 25.2 Å². The molecular formula is C40H48F3N9O5S. The van der Waals surface area contributed by atoms with Gasteiger partial charge in [0.1, 0.15) is 6.04 Å². The Kier molecular flexibility index (Phi) is 11.1. The maximum absolute atomic E-state index is 13.7. The summed E-state index contributed by atoms with van der Waals surface area (Å²) in [6.07, 6.45) is 2.29. The van der Waals surface area contributed by atoms with Crippen LogP contribution in [-0.2, 0) is 32.8 Å². The van der Waals surface area contributed by atoms with Crippen LogP contribution in [-0.4, -0.2) is 100 Å². The number of para-hydroxylation sites is 1. The van der Waals surface area contributed by atoms with Crippen molar-refractivity contribution in [1.29, 1.82) is 0 Å². The number of piperidine rings is 4. The van der Waals surface area contributed by atoms with Crippen LogP contribution < -0.4 is 21.2 Å². The van der Waals surface area contributed by atoms with Gasteiger partial charge in [0.2, 0.25) is 27.8 Å². The van der Waals surface area contributed by atoms with E-state index in [9.17, 15) is 36.0 Å². The molecule has 8 rings (SSSR count). The molecule has 58 heavy (non-hydrogen) atoms. The number of amides is 2. The van der Waals surface area contributed by atoms with Crippen molar-refractivity contribution >= 4 is 44.5 Å². The number of aromatic nitrogens is 4. The average molecular weight is 824 g/mol. The summed E-state index contributed by atoms with van der Waals surface area (Å²) < 4.78 is 70.6. The van der Waals surface area contributed by atoms with Gasteiger partial charge in [0.05, 0.1) is 21.5 Å². The molecule has 14 nitrogen and oxygen atoms in total. The predicted octanol–water partition coefficient (Wildman–Crippen LogP) is 4.49. The summed E-state index contributed by atoms with van der Waals surface area (Å²) in [5, 5.41) is 5.42. The first-order valence-corrected chi connectivity index (χ1v) is 21.5. The van der Waals surface area contributed by atoms with E-state index in [1.165, 1.54) is 4.31 Å². The fourth-order valence-electron chi connectivity index (χ4n) is 9.16. The van der Waals surface area contributed by atoms with Gasteiger partial charge >= 0.3 is 11.9 Å². The summed E-state index contributed by atoms with van der Waals surface area (Å²) in [4.78, 5) is 50.5. The Balaban J connectivity index is 0.823. The van der Waals surface area contributed by atoms with E-state index in [0.717, 1.165) is 93.1 Å². The zero-order valence-electron chi connectivity index (χ0n) is 32.3. The number of alkyl halides is 3. The van der Waals surface area contributed by atoms with Crippen LogP contribution in [0.25, 0.3) is 11.0 Å². The molecule has 4 saturated heterocycles. The van der Waals surface area contributed by atoms with Crippen molar-refractivity contribution in [2.75, 3.05) is 56.0 Å². The second-order valence-electron chi connectivity index (χ2n) is 16.0. The molecule has 4 fully saturated rings. The van der Waals surface area contributed by atoms with Crippen molar-refractivity contribution in [3.63, 3.8) is 0 Å². The largest absolute Gasteiger partial charge is 0.419 e. The van der Waals surface area contributed by atoms with Crippen molar-refractivity contribution in [1.82, 2.24) is 33.6 Å². The second-order valence-corrected chi connectivity index (χ2v) is 17.9. The minimum Gasteiger partial charge on any atom is -0.371 e. The van der Waals surface area contributed by atoms with E-state index < -0.39 is 33.7 Å². The number of fused-ring (bicyclic) bond motifs is 1. The summed E-state index contributed by atoms with van der Waals surface area (Å²) in [7, 11) is -2.00. The van der Waals surface area contributed by atoms with Crippen LogP contribution in [0.15, 0.2) is 64.5 Å². The molecule has 2 aromatic carbocycles. The summed E-state index contributed by atoms with van der Waals surface area (Å²) in [6.45, 7) is 5.07. The highest BCUT2D eigenvalue weighted by atomic mass is 32.2. The first kappa shape index (κ1) is 40.0. The molecule has 2 amide bonds. The average Bonchev–Trinajstić information content (AvgIpc) is 3.47. The lowest BCUT2D eigenvalue weighted by Crippen LogP contribution is -2.44. The van der Waals surface area contributed by atoms with E-state index in [2.05, 4.69) is 36.5 Å². The minimum atomic E-state index is -4.52. The van der Waals surface area contributed by atoms with E-state index in [1.54, 1.807) is 34.4 Å². The number of imidazole rings is 1. The van der Waals surface area contributed by atoms with E-state index in [1.807, 2.05) is 18.2 Å². The topological polar surface area (TPSA) is 155 Å². The molecule has 0 radical (unpaired) electrons. The van der Waals surface area contributed by atoms with Crippen LogP contribution >= 0.6 is 0 Å². The zero-order valence-corrected chi connectivity index (χ0v) is 33.1. The molecule has 310 valence electrons. The molecule has 6 heterocycles. The van der Waals surface area contributed by atoms with Gasteiger partial charge in [0.15, 0.2) is 0 Å². The van der Waals surface area contributed by atoms with Gasteiger partial charge in [-0.05, 0) is 99.7 Å². The lowest BCUT2D eigenvalue weighted by Gasteiger charge is -2.38. The molecule has 4 aliphatic rings. The maximum Gasteiger partial charge on any atom is 0.419 e. The van der Waals surface area contributed by atoms with Crippen molar-refractivity contribution < 1.29 is 31.2 Å². The number of benzene rings is 2. The van der Waals surface area contributed by atoms with E-state index >= 15 is 0 Å². The van der Waals surface area contributed by atoms with E-state index in [4.69, 9.17) is 0 Å². The Labute approximate surface area is 334 Å². The number of aryl methyl sites for hydroxylation is 1. The Hall–Kier alpha value is -4.81. The Morgan fingerprint density at radius 1 is 0.862 bits per heavy atom. The van der Waals surface area contributed by atoms with Crippen LogP contribution in [0.5, 0.6) is 0 Å². The van der Waals surface area contributed by atoms with Crippen molar-refractivity contribution in [3.05, 3.63) is 76.5 Å². The number of anilines is 2. The van der Waals surface area contributed by atoms with Crippen LogP contribution in [0.4, 0.5) is 24.8 Å². The molecule has 0 spiro atoms. The molecule has 0 bridgehead atoms. The highest BCUT2D eigenvalue weighted by Crippen LogP contribution is 2.36. The Bertz CT molecular complexity index is 2330. The SMILES string of the molecule is Cn1c(=O)n(C2CCC(=O)NC2=O)c2cccc(C3CCN(CC4CCN(c5cccc(S(=O)(=O)N6CCC(Nc7ncc(C(F)(F)F)cn7)CC6)c5)CC4)CC3)c21. The van der Waals surface area contributed by atoms with Crippen LogP contribution in [0.1, 0.15) is 74.5 Å². The molecule has 0 saturated carbocycles. The van der Waals surface area contributed by atoms with Crippen LogP contribution in [0.2, 0.25) is 0 Å². The zero-order chi connectivity index (χ0) is 40.8. The first-order valence-electron chi connectivity index (χ1n) is 20.0. The fraction of sp³-hybridized carbons (Fsp3) is 0.525. The predicted molar refractivity (Wildman–Crippen MR) is 211 cm³/mol. The Morgan fingerprint density at radius 3 is 2.22 bits per heavy atom. The third kappa shape index (κ3) is 8.10. The minimum absolute atomic E-state index is 0.0804. The highest BCUT2D eigenvalue weighted by Gasteiger charge is 2.35. The summed E-state index contributed by atoms with van der Waals surface area (Å²) in [5.41, 5.74) is 2.40. The lowest BCUT2D eigenvalue weighted by atomic mass is 9.87. The van der Waals surface area contributed by atoms with Gasteiger partial charge in [-0.3, -0.25) is 24.0 Å². The van der Waals surface area contributed by atoms with Crippen molar-refractivity contribution in [3.8, 4) is 0 Å². The molecule has 0 aliphatic carbocycles. The maximum atomic E-state index is 13.7. The molecule has 1 atom stereocenters. The van der Waals surface area contributed by atoms with Gasteiger partial charge in [-0.1, -0.05) is 18.2 Å². The first-order chi connectivity index (χ1) is 27.8. The van der Waals surface area contributed by atoms with Gasteiger partial charge in [-0.2, -0.15) is 17.5 Å². The normalized spacial score (nSPS) is 21.4. The third-order valence-electron chi connectivity index (χ3n) is 12.4. The molecule has 1 unspecified atom stereocenters. The number of hydrogen-bond acceptors (Lipinski definition) is 10. The van der Waals surface area contributed by atoms with Gasteiger partial charge in [0, 0.05) is 70.3 Å². The summed E-state index contributed by atoms with van der Waals surface area (Å²) in [5.74, 6) is 0.134. The number of sulfonamides is 1. The molecule has 4 aromatic rings. The number of rotatable bonds is 9. The summed E-state index contributed by atoms with van der Waals surface area (Å²) in [6, 6.07) is 12.2. The third-order valence-corrected chi connectivity index (χ3v) is 14.3. The number of nitrogens with one attached hydrogen (secondary N) is 2. The lowest BCUT2D eigenvalue weighted by molar-refractivity contribution is -0.138. The standard InChI is InChI=1S/C40H48F3N9O5S/c1-48-36-32(6-3-7-33(36)52(39(48)55)34-8-9-35(53)47-37(34)54)27-12-16-49(17-13-27)25-26-10-18-50(19-11-26)30-4-2-5-31(22-30)58(56,57)51-20-14-29(15-21-51)46-38-44-23-28(24-45-38)40(41,42)43/h2-7,22-24,26-27,29,34H,8-21,25H2,1H3,(H,44,45,46)(H,47,53,54). The van der Waals surface area contributed by atoms with Crippen molar-refractivity contribution in [2.45, 2.75) is 80.4 Å². The molecule has 18 heteroatoms. The molecule has 2 aromatic heterocycles.